The van der Waals surface area contributed by atoms with E-state index in [1.54, 1.807) is 24.3 Å². The highest BCUT2D eigenvalue weighted by Crippen LogP contribution is 2.20. The van der Waals surface area contributed by atoms with Crippen molar-refractivity contribution in [3.8, 4) is 0 Å². The van der Waals surface area contributed by atoms with E-state index >= 15 is 0 Å². The molecule has 0 saturated carbocycles. The molecular formula is C19H24N2O3S. The van der Waals surface area contributed by atoms with Crippen LogP contribution in [0.1, 0.15) is 17.2 Å². The molecule has 1 saturated heterocycles. The van der Waals surface area contributed by atoms with Crippen LogP contribution in [0.2, 0.25) is 0 Å². The molecule has 1 atom stereocenters. The van der Waals surface area contributed by atoms with Gasteiger partial charge in [-0.3, -0.25) is 4.90 Å². The molecule has 0 bridgehead atoms. The van der Waals surface area contributed by atoms with E-state index in [2.05, 4.69) is 9.62 Å². The second-order valence-corrected chi connectivity index (χ2v) is 8.02. The molecule has 1 fully saturated rings. The summed E-state index contributed by atoms with van der Waals surface area (Å²) in [6.45, 7) is 5.65. The van der Waals surface area contributed by atoms with Gasteiger partial charge in [-0.25, -0.2) is 13.1 Å². The fourth-order valence-corrected chi connectivity index (χ4v) is 4.14. The summed E-state index contributed by atoms with van der Waals surface area (Å²) in [7, 11) is -3.58. The molecule has 1 N–H and O–H groups in total. The Kier molecular flexibility index (Phi) is 5.86. The Labute approximate surface area is 149 Å². The Hall–Kier alpha value is -1.73. The van der Waals surface area contributed by atoms with Crippen LogP contribution in [0.25, 0.3) is 0 Å². The third-order valence-corrected chi connectivity index (χ3v) is 5.86. The van der Waals surface area contributed by atoms with Gasteiger partial charge in [0.2, 0.25) is 10.0 Å². The number of morpholine rings is 1. The van der Waals surface area contributed by atoms with Gasteiger partial charge in [0, 0.05) is 19.6 Å². The number of rotatable bonds is 6. The maximum Gasteiger partial charge on any atom is 0.241 e. The Bertz CT molecular complexity index is 770. The second-order valence-electron chi connectivity index (χ2n) is 6.31. The van der Waals surface area contributed by atoms with E-state index in [9.17, 15) is 8.42 Å². The van der Waals surface area contributed by atoms with Gasteiger partial charge in [-0.05, 0) is 24.6 Å². The average molecular weight is 360 g/mol. The summed E-state index contributed by atoms with van der Waals surface area (Å²) in [5.74, 6) is 0. The smallest absolute Gasteiger partial charge is 0.241 e. The topological polar surface area (TPSA) is 58.6 Å². The number of hydrogen-bond donors (Lipinski definition) is 1. The zero-order valence-electron chi connectivity index (χ0n) is 14.4. The van der Waals surface area contributed by atoms with Gasteiger partial charge in [-0.1, -0.05) is 48.0 Å². The first-order chi connectivity index (χ1) is 12.0. The molecule has 3 rings (SSSR count). The molecule has 5 nitrogen and oxygen atoms in total. The van der Waals surface area contributed by atoms with Crippen molar-refractivity contribution in [3.05, 3.63) is 65.7 Å². The lowest BCUT2D eigenvalue weighted by atomic mass is 10.1. The summed E-state index contributed by atoms with van der Waals surface area (Å²) in [5.41, 5.74) is 2.12. The summed E-state index contributed by atoms with van der Waals surface area (Å²) >= 11 is 0. The number of aryl methyl sites for hydroxylation is 1. The van der Waals surface area contributed by atoms with Crippen LogP contribution in [-0.2, 0) is 14.8 Å². The van der Waals surface area contributed by atoms with Crippen LogP contribution in [0.3, 0.4) is 0 Å². The molecule has 0 radical (unpaired) electrons. The van der Waals surface area contributed by atoms with Gasteiger partial charge in [0.25, 0.3) is 0 Å². The van der Waals surface area contributed by atoms with Crippen molar-refractivity contribution in [2.45, 2.75) is 17.9 Å². The summed E-state index contributed by atoms with van der Waals surface area (Å²) in [5, 5.41) is 0. The molecule has 25 heavy (non-hydrogen) atoms. The highest BCUT2D eigenvalue weighted by Gasteiger charge is 2.24. The van der Waals surface area contributed by atoms with Gasteiger partial charge < -0.3 is 4.74 Å². The number of sulfonamides is 1. The first-order valence-electron chi connectivity index (χ1n) is 8.49. The first-order valence-corrected chi connectivity index (χ1v) is 9.97. The standard InChI is InChI=1S/C19H24N2O3S/c1-16-7-9-17(10-8-16)19(15-21-11-13-24-14-12-21)20-25(22,23)18-5-3-2-4-6-18/h2-10,19-20H,11-15H2,1H3/t19-/m0/s1. The predicted octanol–water partition coefficient (Wildman–Crippen LogP) is 2.35. The molecule has 1 aliphatic heterocycles. The molecule has 2 aromatic carbocycles. The highest BCUT2D eigenvalue weighted by atomic mass is 32.2. The summed E-state index contributed by atoms with van der Waals surface area (Å²) in [6, 6.07) is 16.2. The van der Waals surface area contributed by atoms with Gasteiger partial charge in [-0.15, -0.1) is 0 Å². The fourth-order valence-electron chi connectivity index (χ4n) is 2.91. The molecule has 134 valence electrons. The predicted molar refractivity (Wildman–Crippen MR) is 97.9 cm³/mol. The van der Waals surface area contributed by atoms with Crippen LogP contribution in [0.5, 0.6) is 0 Å². The Morgan fingerprint density at radius 3 is 2.32 bits per heavy atom. The quantitative estimate of drug-likeness (QED) is 0.859. The molecule has 0 spiro atoms. The molecule has 1 aliphatic rings. The molecule has 0 unspecified atom stereocenters. The molecule has 1 heterocycles. The van der Waals surface area contributed by atoms with Crippen molar-refractivity contribution >= 4 is 10.0 Å². The molecule has 2 aromatic rings. The van der Waals surface area contributed by atoms with Gasteiger partial charge >= 0.3 is 0 Å². The number of ether oxygens (including phenoxy) is 1. The zero-order valence-corrected chi connectivity index (χ0v) is 15.2. The summed E-state index contributed by atoms with van der Waals surface area (Å²) in [6.07, 6.45) is 0. The SMILES string of the molecule is Cc1ccc([C@H](CN2CCOCC2)NS(=O)(=O)c2ccccc2)cc1. The lowest BCUT2D eigenvalue weighted by Crippen LogP contribution is -2.43. The largest absolute Gasteiger partial charge is 0.379 e. The average Bonchev–Trinajstić information content (AvgIpc) is 2.63. The van der Waals surface area contributed by atoms with Gasteiger partial charge in [0.05, 0.1) is 24.2 Å². The highest BCUT2D eigenvalue weighted by molar-refractivity contribution is 7.89. The van der Waals surface area contributed by atoms with Crippen molar-refractivity contribution < 1.29 is 13.2 Å². The lowest BCUT2D eigenvalue weighted by Gasteiger charge is -2.31. The maximum absolute atomic E-state index is 12.8. The Morgan fingerprint density at radius 2 is 1.68 bits per heavy atom. The Balaban J connectivity index is 1.83. The maximum atomic E-state index is 12.8. The van der Waals surface area contributed by atoms with Crippen molar-refractivity contribution in [1.82, 2.24) is 9.62 Å². The first kappa shape index (κ1) is 18.1. The summed E-state index contributed by atoms with van der Waals surface area (Å²) in [4.78, 5) is 2.52. The molecule has 0 aliphatic carbocycles. The number of hydrogen-bond acceptors (Lipinski definition) is 4. The van der Waals surface area contributed by atoms with Gasteiger partial charge in [0.1, 0.15) is 0 Å². The van der Waals surface area contributed by atoms with E-state index in [0.29, 0.717) is 19.8 Å². The van der Waals surface area contributed by atoms with Crippen molar-refractivity contribution in [3.63, 3.8) is 0 Å². The number of nitrogens with one attached hydrogen (secondary N) is 1. The lowest BCUT2D eigenvalue weighted by molar-refractivity contribution is 0.0345. The minimum absolute atomic E-state index is 0.286. The van der Waals surface area contributed by atoms with Crippen molar-refractivity contribution in [1.29, 1.82) is 0 Å². The van der Waals surface area contributed by atoms with Crippen LogP contribution >= 0.6 is 0 Å². The molecule has 0 amide bonds. The van der Waals surface area contributed by atoms with E-state index in [-0.39, 0.29) is 10.9 Å². The molecule has 0 aromatic heterocycles. The van der Waals surface area contributed by atoms with Crippen LogP contribution in [-0.4, -0.2) is 46.2 Å². The van der Waals surface area contributed by atoms with Gasteiger partial charge in [0.15, 0.2) is 0 Å². The number of benzene rings is 2. The zero-order chi connectivity index (χ0) is 17.7. The van der Waals surface area contributed by atoms with E-state index in [4.69, 9.17) is 4.74 Å². The fraction of sp³-hybridized carbons (Fsp3) is 0.368. The van der Waals surface area contributed by atoms with Crippen molar-refractivity contribution in [2.75, 3.05) is 32.8 Å². The van der Waals surface area contributed by atoms with Crippen LogP contribution < -0.4 is 4.72 Å². The van der Waals surface area contributed by atoms with E-state index < -0.39 is 10.0 Å². The monoisotopic (exact) mass is 360 g/mol. The molecular weight excluding hydrogens is 336 g/mol. The van der Waals surface area contributed by atoms with Crippen LogP contribution in [0.4, 0.5) is 0 Å². The second kappa shape index (κ2) is 8.10. The van der Waals surface area contributed by atoms with Gasteiger partial charge in [-0.2, -0.15) is 0 Å². The van der Waals surface area contributed by atoms with Crippen LogP contribution in [0.15, 0.2) is 59.5 Å². The minimum Gasteiger partial charge on any atom is -0.379 e. The minimum atomic E-state index is -3.58. The van der Waals surface area contributed by atoms with Crippen molar-refractivity contribution in [2.24, 2.45) is 0 Å². The third kappa shape index (κ3) is 4.89. The number of nitrogens with zero attached hydrogens (tertiary/aromatic N) is 1. The third-order valence-electron chi connectivity index (χ3n) is 4.38. The Morgan fingerprint density at radius 1 is 1.04 bits per heavy atom. The van der Waals surface area contributed by atoms with E-state index in [1.807, 2.05) is 37.3 Å². The van der Waals surface area contributed by atoms with E-state index in [1.165, 1.54) is 0 Å². The van der Waals surface area contributed by atoms with E-state index in [0.717, 1.165) is 24.2 Å². The summed E-state index contributed by atoms with van der Waals surface area (Å²) < 4.78 is 33.8. The van der Waals surface area contributed by atoms with Crippen LogP contribution in [0, 0.1) is 6.92 Å². The molecule has 6 heteroatoms. The normalized spacial score (nSPS) is 17.3.